The summed E-state index contributed by atoms with van der Waals surface area (Å²) in [6.45, 7) is 4.87. The van der Waals surface area contributed by atoms with Gasteiger partial charge in [-0.1, -0.05) is 18.9 Å². The summed E-state index contributed by atoms with van der Waals surface area (Å²) in [6.07, 6.45) is -0.467. The van der Waals surface area contributed by atoms with Gasteiger partial charge in [0.2, 0.25) is 0 Å². The van der Waals surface area contributed by atoms with Gasteiger partial charge < -0.3 is 10.5 Å². The fourth-order valence-corrected chi connectivity index (χ4v) is 3.45. The number of aromatic nitrogens is 1. The highest BCUT2D eigenvalue weighted by Crippen LogP contribution is 2.46. The molecule has 3 atom stereocenters. The van der Waals surface area contributed by atoms with Crippen LogP contribution < -0.4 is 5.73 Å². The molecule has 2 aromatic rings. The van der Waals surface area contributed by atoms with Gasteiger partial charge in [-0.25, -0.2) is 18.2 Å². The lowest BCUT2D eigenvalue weighted by Gasteiger charge is -2.41. The fraction of sp³-hybridized carbons (Fsp3) is 0.333. The van der Waals surface area contributed by atoms with Gasteiger partial charge in [0.25, 0.3) is 12.4 Å². The van der Waals surface area contributed by atoms with Crippen LogP contribution >= 0.6 is 0 Å². The van der Waals surface area contributed by atoms with E-state index in [0.29, 0.717) is 16.7 Å². The van der Waals surface area contributed by atoms with Crippen molar-refractivity contribution in [2.75, 3.05) is 0 Å². The van der Waals surface area contributed by atoms with E-state index < -0.39 is 29.8 Å². The summed E-state index contributed by atoms with van der Waals surface area (Å²) in [7, 11) is 0. The summed E-state index contributed by atoms with van der Waals surface area (Å²) in [5, 5.41) is 0. The van der Waals surface area contributed by atoms with E-state index in [4.69, 9.17) is 10.5 Å². The molecule has 0 spiro atoms. The molecule has 2 N–H and O–H groups in total. The number of pyridine rings is 1. The van der Waals surface area contributed by atoms with Gasteiger partial charge in [0.1, 0.15) is 11.9 Å². The minimum Gasteiger partial charge on any atom is -0.462 e. The second-order valence-electron chi connectivity index (χ2n) is 6.72. The molecule has 3 rings (SSSR count). The summed E-state index contributed by atoms with van der Waals surface area (Å²) < 4.78 is 48.7. The lowest BCUT2D eigenvalue weighted by atomic mass is 9.75. The van der Waals surface area contributed by atoms with Crippen molar-refractivity contribution < 1.29 is 17.9 Å². The summed E-state index contributed by atoms with van der Waals surface area (Å²) in [4.78, 5) is 8.03. The third kappa shape index (κ3) is 3.31. The van der Waals surface area contributed by atoms with Crippen molar-refractivity contribution in [1.82, 2.24) is 4.98 Å². The first-order valence-corrected chi connectivity index (χ1v) is 8.78. The number of hydrogen-bond acceptors (Lipinski definition) is 4. The molecular formula is C21H20F3N3O. The van der Waals surface area contributed by atoms with Gasteiger partial charge in [-0.05, 0) is 37.6 Å². The standard InChI is InChI=1S/C21H20F3N3O/c1-4-5-14-8-16(11-26-10-14)15-6-7-18(22)17(9-15)21(19(23)24)12(2)13(3)28-20(25)27-21/h6-13,19H,1-3H3,(H2,25,27)/t12-,13?,21-/m1/s1. The average molecular weight is 387 g/mol. The van der Waals surface area contributed by atoms with Gasteiger partial charge in [0.15, 0.2) is 5.54 Å². The van der Waals surface area contributed by atoms with Crippen molar-refractivity contribution in [2.24, 2.45) is 16.6 Å². The molecule has 1 aromatic carbocycles. The Kier molecular flexibility index (Phi) is 5.32. The normalized spacial score (nSPS) is 24.2. The molecule has 0 amide bonds. The fourth-order valence-electron chi connectivity index (χ4n) is 3.45. The minimum absolute atomic E-state index is 0.224. The number of alkyl halides is 2. The number of ether oxygens (including phenoxy) is 1. The number of rotatable bonds is 3. The Balaban J connectivity index is 2.21. The Morgan fingerprint density at radius 3 is 2.61 bits per heavy atom. The van der Waals surface area contributed by atoms with E-state index >= 15 is 0 Å². The zero-order chi connectivity index (χ0) is 20.5. The number of aliphatic imine (C=N–C) groups is 1. The van der Waals surface area contributed by atoms with Gasteiger partial charge in [-0.15, -0.1) is 5.92 Å². The molecule has 4 nitrogen and oxygen atoms in total. The number of benzene rings is 1. The molecule has 1 unspecified atom stereocenters. The average Bonchev–Trinajstić information content (AvgIpc) is 2.65. The molecule has 1 aliphatic heterocycles. The SMILES string of the molecule is CC#Cc1cncc(-c2ccc(F)c([C@]3(C(F)F)N=C(N)OC(C)[C@H]3C)c2)c1. The Hall–Kier alpha value is -3.01. The monoisotopic (exact) mass is 387 g/mol. The predicted octanol–water partition coefficient (Wildman–Crippen LogP) is 4.09. The minimum atomic E-state index is -2.98. The largest absolute Gasteiger partial charge is 0.462 e. The molecular weight excluding hydrogens is 367 g/mol. The Morgan fingerprint density at radius 1 is 1.18 bits per heavy atom. The van der Waals surface area contributed by atoms with Crippen molar-refractivity contribution in [3.63, 3.8) is 0 Å². The summed E-state index contributed by atoms with van der Waals surface area (Å²) in [6, 6.07) is 5.44. The lowest BCUT2D eigenvalue weighted by molar-refractivity contribution is -0.0363. The first-order chi connectivity index (χ1) is 13.3. The molecule has 28 heavy (non-hydrogen) atoms. The van der Waals surface area contributed by atoms with Crippen molar-refractivity contribution in [3.8, 4) is 23.0 Å². The van der Waals surface area contributed by atoms with Gasteiger partial charge in [-0.3, -0.25) is 4.98 Å². The molecule has 0 aliphatic carbocycles. The molecule has 2 heterocycles. The quantitative estimate of drug-likeness (QED) is 0.807. The number of hydrogen-bond donors (Lipinski definition) is 1. The molecule has 146 valence electrons. The molecule has 0 saturated carbocycles. The maximum Gasteiger partial charge on any atom is 0.283 e. The molecule has 0 radical (unpaired) electrons. The van der Waals surface area contributed by atoms with Crippen LogP contribution in [0.1, 0.15) is 31.9 Å². The van der Waals surface area contributed by atoms with Crippen LogP contribution in [0.5, 0.6) is 0 Å². The van der Waals surface area contributed by atoms with Crippen molar-refractivity contribution in [3.05, 3.63) is 53.6 Å². The van der Waals surface area contributed by atoms with Gasteiger partial charge in [-0.2, -0.15) is 0 Å². The molecule has 0 bridgehead atoms. The van der Waals surface area contributed by atoms with Crippen molar-refractivity contribution in [1.29, 1.82) is 0 Å². The molecule has 1 aromatic heterocycles. The van der Waals surface area contributed by atoms with Gasteiger partial charge in [0.05, 0.1) is 0 Å². The molecule has 0 fully saturated rings. The number of halogens is 3. The van der Waals surface area contributed by atoms with E-state index in [2.05, 4.69) is 21.8 Å². The summed E-state index contributed by atoms with van der Waals surface area (Å²) in [5.41, 5.74) is 5.11. The van der Waals surface area contributed by atoms with E-state index in [-0.39, 0.29) is 11.6 Å². The van der Waals surface area contributed by atoms with Crippen LogP contribution in [0, 0.1) is 23.6 Å². The van der Waals surface area contributed by atoms with E-state index in [0.717, 1.165) is 6.07 Å². The van der Waals surface area contributed by atoms with E-state index in [1.165, 1.54) is 12.1 Å². The van der Waals surface area contributed by atoms with Crippen LogP contribution in [0.25, 0.3) is 11.1 Å². The Morgan fingerprint density at radius 2 is 1.93 bits per heavy atom. The van der Waals surface area contributed by atoms with Crippen LogP contribution in [-0.4, -0.2) is 23.5 Å². The van der Waals surface area contributed by atoms with Crippen LogP contribution in [0.2, 0.25) is 0 Å². The smallest absolute Gasteiger partial charge is 0.283 e. The third-order valence-corrected chi connectivity index (χ3v) is 5.07. The van der Waals surface area contributed by atoms with Crippen molar-refractivity contribution in [2.45, 2.75) is 38.8 Å². The third-order valence-electron chi connectivity index (χ3n) is 5.07. The number of amidine groups is 1. The van der Waals surface area contributed by atoms with Crippen LogP contribution in [0.15, 0.2) is 41.7 Å². The number of nitrogens with two attached hydrogens (primary N) is 1. The lowest BCUT2D eigenvalue weighted by Crippen LogP contribution is -2.51. The first-order valence-electron chi connectivity index (χ1n) is 8.78. The second-order valence-corrected chi connectivity index (χ2v) is 6.72. The first kappa shape index (κ1) is 19.7. The highest BCUT2D eigenvalue weighted by Gasteiger charge is 2.53. The number of nitrogens with zero attached hydrogens (tertiary/aromatic N) is 2. The molecule has 0 saturated heterocycles. The van der Waals surface area contributed by atoms with Gasteiger partial charge >= 0.3 is 0 Å². The highest BCUT2D eigenvalue weighted by molar-refractivity contribution is 5.74. The Bertz CT molecular complexity index is 980. The maximum atomic E-state index is 14.8. The topological polar surface area (TPSA) is 60.5 Å². The zero-order valence-corrected chi connectivity index (χ0v) is 15.7. The van der Waals surface area contributed by atoms with Crippen LogP contribution in [-0.2, 0) is 10.3 Å². The highest BCUT2D eigenvalue weighted by atomic mass is 19.3. The predicted molar refractivity (Wildman–Crippen MR) is 101 cm³/mol. The Labute approximate surface area is 161 Å². The van der Waals surface area contributed by atoms with Crippen LogP contribution in [0.4, 0.5) is 13.2 Å². The van der Waals surface area contributed by atoms with E-state index in [1.807, 2.05) is 0 Å². The van der Waals surface area contributed by atoms with E-state index in [1.54, 1.807) is 39.2 Å². The van der Waals surface area contributed by atoms with Crippen LogP contribution in [0.3, 0.4) is 0 Å². The summed E-state index contributed by atoms with van der Waals surface area (Å²) >= 11 is 0. The summed E-state index contributed by atoms with van der Waals surface area (Å²) in [5.74, 6) is 4.08. The molecule has 7 heteroatoms. The second kappa shape index (κ2) is 7.55. The van der Waals surface area contributed by atoms with Gasteiger partial charge in [0, 0.05) is 35.0 Å². The maximum absolute atomic E-state index is 14.8. The van der Waals surface area contributed by atoms with Crippen molar-refractivity contribution >= 4 is 6.02 Å². The van der Waals surface area contributed by atoms with E-state index in [9.17, 15) is 13.2 Å². The zero-order valence-electron chi connectivity index (χ0n) is 15.7. The molecule has 1 aliphatic rings.